The molecule has 1 N–H and O–H groups in total. The van der Waals surface area contributed by atoms with Crippen LogP contribution in [0.5, 0.6) is 17.2 Å². The predicted octanol–water partition coefficient (Wildman–Crippen LogP) is 5.92. The molecule has 0 aromatic heterocycles. The van der Waals surface area contributed by atoms with Gasteiger partial charge in [-0.25, -0.2) is 0 Å². The molecule has 0 atom stereocenters. The molecular weight excluding hydrogens is 520 g/mol. The number of rotatable bonds is 9. The molecule has 1 amide bonds. The molecule has 0 bridgehead atoms. The molecule has 3 rings (SSSR count). The van der Waals surface area contributed by atoms with Gasteiger partial charge < -0.3 is 19.5 Å². The van der Waals surface area contributed by atoms with E-state index in [9.17, 15) is 10.1 Å². The Bertz CT molecular complexity index is 1220. The van der Waals surface area contributed by atoms with Gasteiger partial charge in [0, 0.05) is 16.0 Å². The second-order valence-corrected chi connectivity index (χ2v) is 8.43. The van der Waals surface area contributed by atoms with Gasteiger partial charge in [0.05, 0.1) is 14.2 Å². The molecule has 8 heteroatoms. The van der Waals surface area contributed by atoms with E-state index >= 15 is 0 Å². The van der Waals surface area contributed by atoms with Crippen molar-refractivity contribution in [1.82, 2.24) is 5.32 Å². The average molecular weight is 542 g/mol. The minimum Gasteiger partial charge on any atom is -0.497 e. The summed E-state index contributed by atoms with van der Waals surface area (Å²) in [6, 6.07) is 20.1. The van der Waals surface area contributed by atoms with Crippen LogP contribution in [-0.4, -0.2) is 20.1 Å². The third kappa shape index (κ3) is 6.77. The molecule has 0 saturated heterocycles. The van der Waals surface area contributed by atoms with Crippen molar-refractivity contribution in [2.24, 2.45) is 0 Å². The smallest absolute Gasteiger partial charge is 0.262 e. The monoisotopic (exact) mass is 540 g/mol. The molecule has 0 heterocycles. The molecular formula is C26H22BrClN2O4. The highest BCUT2D eigenvalue weighted by atomic mass is 79.9. The molecule has 0 spiro atoms. The van der Waals surface area contributed by atoms with E-state index in [2.05, 4.69) is 21.2 Å². The number of halogens is 2. The second kappa shape index (κ2) is 12.1. The van der Waals surface area contributed by atoms with Crippen molar-refractivity contribution in [2.45, 2.75) is 13.2 Å². The highest BCUT2D eigenvalue weighted by Gasteiger charge is 2.14. The van der Waals surface area contributed by atoms with Gasteiger partial charge in [0.1, 0.15) is 24.0 Å². The summed E-state index contributed by atoms with van der Waals surface area (Å²) >= 11 is 9.42. The second-order valence-electron chi connectivity index (χ2n) is 7.14. The van der Waals surface area contributed by atoms with Gasteiger partial charge >= 0.3 is 0 Å². The zero-order chi connectivity index (χ0) is 24.5. The highest BCUT2D eigenvalue weighted by molar-refractivity contribution is 9.10. The van der Waals surface area contributed by atoms with E-state index in [-0.39, 0.29) is 12.1 Å². The maximum Gasteiger partial charge on any atom is 0.262 e. The van der Waals surface area contributed by atoms with E-state index in [0.29, 0.717) is 33.2 Å². The molecule has 6 nitrogen and oxygen atoms in total. The van der Waals surface area contributed by atoms with Crippen molar-refractivity contribution < 1.29 is 19.0 Å². The number of hydrogen-bond acceptors (Lipinski definition) is 5. The van der Waals surface area contributed by atoms with E-state index < -0.39 is 5.91 Å². The molecule has 0 saturated carbocycles. The molecule has 34 heavy (non-hydrogen) atoms. The van der Waals surface area contributed by atoms with Gasteiger partial charge in [-0.15, -0.1) is 0 Å². The van der Waals surface area contributed by atoms with E-state index in [1.54, 1.807) is 31.4 Å². The normalized spacial score (nSPS) is 10.9. The largest absolute Gasteiger partial charge is 0.497 e. The van der Waals surface area contributed by atoms with Crippen molar-refractivity contribution in [3.63, 3.8) is 0 Å². The summed E-state index contributed by atoms with van der Waals surface area (Å²) in [5.74, 6) is 1.24. The number of methoxy groups -OCH3 is 2. The highest BCUT2D eigenvalue weighted by Crippen LogP contribution is 2.35. The van der Waals surface area contributed by atoms with E-state index in [0.717, 1.165) is 16.9 Å². The SMILES string of the molecule is COc1ccc(CNC(=O)/C(C#N)=C\c2cc(OC)c(OCc3ccc(Cl)cc3)cc2Br)cc1. The van der Waals surface area contributed by atoms with E-state index in [4.69, 9.17) is 25.8 Å². The number of nitrogens with zero attached hydrogens (tertiary/aromatic N) is 1. The first kappa shape index (κ1) is 25.2. The molecule has 3 aromatic carbocycles. The van der Waals surface area contributed by atoms with Crippen LogP contribution in [0.4, 0.5) is 0 Å². The summed E-state index contributed by atoms with van der Waals surface area (Å²) in [5.41, 5.74) is 2.40. The molecule has 0 aliphatic carbocycles. The number of nitrogens with one attached hydrogen (secondary N) is 1. The Morgan fingerprint density at radius 1 is 1.03 bits per heavy atom. The first-order valence-corrected chi connectivity index (χ1v) is 11.4. The fourth-order valence-electron chi connectivity index (χ4n) is 3.00. The van der Waals surface area contributed by atoms with Crippen LogP contribution in [0.1, 0.15) is 16.7 Å². The summed E-state index contributed by atoms with van der Waals surface area (Å²) in [4.78, 5) is 12.6. The average Bonchev–Trinajstić information content (AvgIpc) is 2.86. The Labute approximate surface area is 211 Å². The molecule has 174 valence electrons. The van der Waals surface area contributed by atoms with E-state index in [1.165, 1.54) is 13.2 Å². The van der Waals surface area contributed by atoms with Crippen molar-refractivity contribution in [2.75, 3.05) is 14.2 Å². The number of carbonyl (C=O) groups is 1. The third-order valence-corrected chi connectivity index (χ3v) is 5.81. The van der Waals surface area contributed by atoms with Crippen LogP contribution in [0.15, 0.2) is 70.7 Å². The van der Waals surface area contributed by atoms with Gasteiger partial charge in [-0.1, -0.05) is 51.8 Å². The Kier molecular flexibility index (Phi) is 8.97. The van der Waals surface area contributed by atoms with Crippen LogP contribution in [-0.2, 0) is 17.9 Å². The summed E-state index contributed by atoms with van der Waals surface area (Å²) in [7, 11) is 3.12. The van der Waals surface area contributed by atoms with Crippen molar-refractivity contribution in [3.8, 4) is 23.3 Å². The van der Waals surface area contributed by atoms with Crippen molar-refractivity contribution in [3.05, 3.63) is 92.4 Å². The van der Waals surface area contributed by atoms with Gasteiger partial charge in [-0.05, 0) is 59.2 Å². The first-order chi connectivity index (χ1) is 16.4. The van der Waals surface area contributed by atoms with Gasteiger partial charge in [-0.3, -0.25) is 4.79 Å². The van der Waals surface area contributed by atoms with Crippen molar-refractivity contribution in [1.29, 1.82) is 5.26 Å². The standard InChI is InChI=1S/C26H22BrClN2O4/c1-32-22-9-5-17(6-10-22)15-30-26(31)20(14-29)11-19-12-24(33-2)25(13-23(19)27)34-16-18-3-7-21(28)8-4-18/h3-13H,15-16H2,1-2H3,(H,30,31)/b20-11-. The minimum absolute atomic E-state index is 0.0360. The van der Waals surface area contributed by atoms with Gasteiger partial charge in [0.25, 0.3) is 5.91 Å². The summed E-state index contributed by atoms with van der Waals surface area (Å²) in [6.45, 7) is 0.607. The number of nitriles is 1. The minimum atomic E-state index is -0.479. The van der Waals surface area contributed by atoms with Crippen LogP contribution in [0, 0.1) is 11.3 Å². The lowest BCUT2D eigenvalue weighted by Crippen LogP contribution is -2.23. The lowest BCUT2D eigenvalue weighted by Gasteiger charge is -2.13. The maximum atomic E-state index is 12.6. The molecule has 0 fully saturated rings. The fraction of sp³-hybridized carbons (Fsp3) is 0.154. The molecule has 0 aliphatic rings. The summed E-state index contributed by atoms with van der Waals surface area (Å²) in [6.07, 6.45) is 1.50. The van der Waals surface area contributed by atoms with Gasteiger partial charge in [-0.2, -0.15) is 5.26 Å². The molecule has 0 unspecified atom stereocenters. The lowest BCUT2D eigenvalue weighted by atomic mass is 10.1. The molecule has 3 aromatic rings. The summed E-state index contributed by atoms with van der Waals surface area (Å²) in [5, 5.41) is 13.0. The number of hydrogen-bond donors (Lipinski definition) is 1. The van der Waals surface area contributed by atoms with Crippen LogP contribution in [0.3, 0.4) is 0 Å². The quantitative estimate of drug-likeness (QED) is 0.269. The molecule has 0 radical (unpaired) electrons. The maximum absolute atomic E-state index is 12.6. The number of carbonyl (C=O) groups excluding carboxylic acids is 1. The molecule has 0 aliphatic heterocycles. The zero-order valence-corrected chi connectivity index (χ0v) is 20.9. The Balaban J connectivity index is 1.73. The number of ether oxygens (including phenoxy) is 3. The Morgan fingerprint density at radius 3 is 2.32 bits per heavy atom. The van der Waals surface area contributed by atoms with Crippen LogP contribution in [0.2, 0.25) is 5.02 Å². The topological polar surface area (TPSA) is 80.6 Å². The van der Waals surface area contributed by atoms with Crippen LogP contribution in [0.25, 0.3) is 6.08 Å². The number of amides is 1. The number of benzene rings is 3. The predicted molar refractivity (Wildman–Crippen MR) is 135 cm³/mol. The van der Waals surface area contributed by atoms with E-state index in [1.807, 2.05) is 42.5 Å². The lowest BCUT2D eigenvalue weighted by molar-refractivity contribution is -0.117. The summed E-state index contributed by atoms with van der Waals surface area (Å²) < 4.78 is 17.1. The Morgan fingerprint density at radius 2 is 1.71 bits per heavy atom. The third-order valence-electron chi connectivity index (χ3n) is 4.87. The van der Waals surface area contributed by atoms with Crippen LogP contribution < -0.4 is 19.5 Å². The zero-order valence-electron chi connectivity index (χ0n) is 18.6. The van der Waals surface area contributed by atoms with Crippen LogP contribution >= 0.6 is 27.5 Å². The van der Waals surface area contributed by atoms with Gasteiger partial charge in [0.2, 0.25) is 0 Å². The fourth-order valence-corrected chi connectivity index (χ4v) is 3.56. The van der Waals surface area contributed by atoms with Gasteiger partial charge in [0.15, 0.2) is 11.5 Å². The van der Waals surface area contributed by atoms with Crippen molar-refractivity contribution >= 4 is 39.5 Å². The Hall–Kier alpha value is -3.47. The first-order valence-electron chi connectivity index (χ1n) is 10.2.